The zero-order valence-corrected chi connectivity index (χ0v) is 21.5. The molecule has 0 saturated carbocycles. The number of amidine groups is 1. The maximum atomic E-state index is 13.9. The third-order valence-corrected chi connectivity index (χ3v) is 6.63. The van der Waals surface area contributed by atoms with Crippen LogP contribution < -0.4 is 5.32 Å². The number of carbonyl (C=O) groups excluding carboxylic acids is 1. The van der Waals surface area contributed by atoms with E-state index in [-0.39, 0.29) is 23.7 Å². The largest absolute Gasteiger partial charge is 0.480 e. The van der Waals surface area contributed by atoms with Gasteiger partial charge >= 0.3 is 11.9 Å². The number of nitrogens with one attached hydrogen (secondary N) is 1. The summed E-state index contributed by atoms with van der Waals surface area (Å²) in [4.78, 5) is 36.2. The lowest BCUT2D eigenvalue weighted by Gasteiger charge is -2.36. The van der Waals surface area contributed by atoms with Crippen molar-refractivity contribution in [2.24, 2.45) is 4.99 Å². The lowest BCUT2D eigenvalue weighted by molar-refractivity contribution is -0.150. The first-order valence-electron chi connectivity index (χ1n) is 11.2. The molecule has 1 saturated heterocycles. The second kappa shape index (κ2) is 10.6. The maximum Gasteiger partial charge on any atom is 0.338 e. The monoisotopic (exact) mass is 536 g/mol. The Bertz CT molecular complexity index is 1210. The molecule has 12 heteroatoms. The van der Waals surface area contributed by atoms with E-state index in [9.17, 15) is 19.1 Å². The standard InChI is InChI=1S/C24H26ClFN4O5S/c1-24(2,3)35-23(33)18-16(11-30-7-8-34-12-17(30)22(31)32)28-20(21-27-6-9-36-21)29-19(18)14-5-4-13(26)10-15(14)25/h4-6,9-10,17,19H,7-8,11-12H2,1-3H3,(H,28,29)(H,31,32)/t17-,19?/m0/s1. The number of ether oxygens (including phenoxy) is 2. The Labute approximate surface area is 216 Å². The summed E-state index contributed by atoms with van der Waals surface area (Å²) < 4.78 is 25.0. The summed E-state index contributed by atoms with van der Waals surface area (Å²) in [6.07, 6.45) is 1.62. The fourth-order valence-electron chi connectivity index (χ4n) is 3.95. The highest BCUT2D eigenvalue weighted by molar-refractivity contribution is 7.11. The Morgan fingerprint density at radius 1 is 1.39 bits per heavy atom. The lowest BCUT2D eigenvalue weighted by atomic mass is 9.94. The smallest absolute Gasteiger partial charge is 0.338 e. The quantitative estimate of drug-likeness (QED) is 0.540. The number of aliphatic imine (C=N–C) groups is 1. The third kappa shape index (κ3) is 5.92. The van der Waals surface area contributed by atoms with E-state index in [1.807, 2.05) is 0 Å². The van der Waals surface area contributed by atoms with Crippen LogP contribution in [0.1, 0.15) is 37.4 Å². The molecule has 1 aromatic carbocycles. The first-order valence-corrected chi connectivity index (χ1v) is 12.5. The molecule has 3 heterocycles. The van der Waals surface area contributed by atoms with Crippen molar-refractivity contribution in [2.75, 3.05) is 26.3 Å². The Morgan fingerprint density at radius 3 is 2.81 bits per heavy atom. The van der Waals surface area contributed by atoms with E-state index in [1.54, 1.807) is 37.2 Å². The van der Waals surface area contributed by atoms with Crippen molar-refractivity contribution in [1.82, 2.24) is 15.2 Å². The van der Waals surface area contributed by atoms with Crippen LogP contribution in [0.4, 0.5) is 4.39 Å². The molecule has 0 amide bonds. The molecule has 9 nitrogen and oxygen atoms in total. The number of benzene rings is 1. The van der Waals surface area contributed by atoms with Gasteiger partial charge < -0.3 is 19.9 Å². The number of aliphatic carboxylic acids is 1. The van der Waals surface area contributed by atoms with Gasteiger partial charge in [0.05, 0.1) is 18.8 Å². The van der Waals surface area contributed by atoms with Crippen molar-refractivity contribution < 1.29 is 28.6 Å². The molecule has 2 aromatic rings. The Morgan fingerprint density at radius 2 is 2.17 bits per heavy atom. The Kier molecular flexibility index (Phi) is 7.74. The van der Waals surface area contributed by atoms with Crippen LogP contribution in [0.25, 0.3) is 0 Å². The second-order valence-corrected chi connectivity index (χ2v) is 10.6. The lowest BCUT2D eigenvalue weighted by Crippen LogP contribution is -2.52. The van der Waals surface area contributed by atoms with Gasteiger partial charge in [0.1, 0.15) is 23.5 Å². The summed E-state index contributed by atoms with van der Waals surface area (Å²) in [5, 5.41) is 15.4. The molecular weight excluding hydrogens is 511 g/mol. The van der Waals surface area contributed by atoms with Gasteiger partial charge in [-0.05, 0) is 32.9 Å². The van der Waals surface area contributed by atoms with Crippen molar-refractivity contribution in [3.8, 4) is 0 Å². The molecule has 0 bridgehead atoms. The Balaban J connectivity index is 1.86. The summed E-state index contributed by atoms with van der Waals surface area (Å²) in [5.74, 6) is -1.81. The van der Waals surface area contributed by atoms with Crippen LogP contribution in [0.5, 0.6) is 0 Å². The van der Waals surface area contributed by atoms with Crippen LogP contribution in [0.3, 0.4) is 0 Å². The van der Waals surface area contributed by atoms with E-state index in [0.717, 1.165) is 6.07 Å². The topological polar surface area (TPSA) is 113 Å². The van der Waals surface area contributed by atoms with Gasteiger partial charge in [-0.1, -0.05) is 17.7 Å². The number of hydrogen-bond acceptors (Lipinski definition) is 9. The zero-order chi connectivity index (χ0) is 26.0. The van der Waals surface area contributed by atoms with E-state index < -0.39 is 35.4 Å². The molecule has 2 aliphatic rings. The van der Waals surface area contributed by atoms with E-state index in [4.69, 9.17) is 26.1 Å². The first kappa shape index (κ1) is 26.2. The average Bonchev–Trinajstić information content (AvgIpc) is 3.33. The molecule has 1 fully saturated rings. The number of halogens is 2. The summed E-state index contributed by atoms with van der Waals surface area (Å²) in [6, 6.07) is 2.05. The van der Waals surface area contributed by atoms with Gasteiger partial charge in [-0.2, -0.15) is 0 Å². The zero-order valence-electron chi connectivity index (χ0n) is 20.0. The van der Waals surface area contributed by atoms with E-state index in [1.165, 1.54) is 23.5 Å². The number of esters is 1. The first-order chi connectivity index (χ1) is 17.0. The fraction of sp³-hybridized carbons (Fsp3) is 0.417. The van der Waals surface area contributed by atoms with Crippen molar-refractivity contribution in [1.29, 1.82) is 0 Å². The van der Waals surface area contributed by atoms with Crippen LogP contribution in [-0.2, 0) is 19.1 Å². The van der Waals surface area contributed by atoms with Gasteiger partial charge in [0.25, 0.3) is 0 Å². The van der Waals surface area contributed by atoms with Crippen LogP contribution in [0.2, 0.25) is 5.02 Å². The van der Waals surface area contributed by atoms with Crippen LogP contribution in [0.15, 0.2) is 46.0 Å². The SMILES string of the molecule is CC(C)(C)OC(=O)C1=C(CN2CCOC[C@H]2C(=O)O)NC(c2nccs2)=NC1c1ccc(F)cc1Cl. The summed E-state index contributed by atoms with van der Waals surface area (Å²) in [6.45, 7) is 6.02. The number of rotatable bonds is 6. The minimum absolute atomic E-state index is 0.0189. The van der Waals surface area contributed by atoms with Crippen molar-refractivity contribution in [2.45, 2.75) is 38.5 Å². The molecule has 0 radical (unpaired) electrons. The van der Waals surface area contributed by atoms with Crippen LogP contribution in [0, 0.1) is 5.82 Å². The number of carboxylic acid groups (broad SMARTS) is 1. The maximum absolute atomic E-state index is 13.9. The van der Waals surface area contributed by atoms with Crippen LogP contribution >= 0.6 is 22.9 Å². The number of thiazole rings is 1. The fourth-order valence-corrected chi connectivity index (χ4v) is 4.81. The number of carboxylic acids is 1. The molecule has 1 unspecified atom stereocenters. The minimum atomic E-state index is -1.03. The molecule has 4 rings (SSSR count). The molecule has 2 N–H and O–H groups in total. The van der Waals surface area contributed by atoms with Gasteiger partial charge in [0.15, 0.2) is 10.8 Å². The number of aromatic nitrogens is 1. The highest BCUT2D eigenvalue weighted by Gasteiger charge is 2.38. The second-order valence-electron chi connectivity index (χ2n) is 9.30. The number of hydrogen-bond donors (Lipinski definition) is 2. The van der Waals surface area contributed by atoms with Gasteiger partial charge in [0, 0.05) is 40.9 Å². The third-order valence-electron chi connectivity index (χ3n) is 5.52. The molecule has 0 aliphatic carbocycles. The van der Waals surface area contributed by atoms with Crippen molar-refractivity contribution >= 4 is 40.7 Å². The molecule has 2 aliphatic heterocycles. The minimum Gasteiger partial charge on any atom is -0.480 e. The summed E-state index contributed by atoms with van der Waals surface area (Å²) in [5.41, 5.74) is 0.162. The van der Waals surface area contributed by atoms with E-state index in [2.05, 4.69) is 10.3 Å². The van der Waals surface area contributed by atoms with Gasteiger partial charge in [0.2, 0.25) is 0 Å². The highest BCUT2D eigenvalue weighted by Crippen LogP contribution is 2.37. The molecule has 36 heavy (non-hydrogen) atoms. The number of nitrogens with zero attached hydrogens (tertiary/aromatic N) is 3. The summed E-state index contributed by atoms with van der Waals surface area (Å²) >= 11 is 7.76. The van der Waals surface area contributed by atoms with Crippen molar-refractivity contribution in [3.05, 3.63) is 62.5 Å². The predicted octanol–water partition coefficient (Wildman–Crippen LogP) is 3.41. The average molecular weight is 537 g/mol. The predicted molar refractivity (Wildman–Crippen MR) is 133 cm³/mol. The van der Waals surface area contributed by atoms with E-state index >= 15 is 0 Å². The normalized spacial score (nSPS) is 21.1. The van der Waals surface area contributed by atoms with E-state index in [0.29, 0.717) is 35.3 Å². The van der Waals surface area contributed by atoms with Gasteiger partial charge in [-0.25, -0.2) is 14.2 Å². The number of carbonyl (C=O) groups is 2. The van der Waals surface area contributed by atoms with Crippen LogP contribution in [-0.4, -0.2) is 70.7 Å². The molecule has 1 aromatic heterocycles. The van der Waals surface area contributed by atoms with Gasteiger partial charge in [-0.15, -0.1) is 11.3 Å². The van der Waals surface area contributed by atoms with Crippen molar-refractivity contribution in [3.63, 3.8) is 0 Å². The molecule has 2 atom stereocenters. The number of morpholine rings is 1. The molecule has 192 valence electrons. The molecule has 0 spiro atoms. The molecular formula is C24H26ClFN4O5S. The Hall–Kier alpha value is -2.86. The highest BCUT2D eigenvalue weighted by atomic mass is 35.5. The summed E-state index contributed by atoms with van der Waals surface area (Å²) in [7, 11) is 0. The van der Waals surface area contributed by atoms with Gasteiger partial charge in [-0.3, -0.25) is 14.7 Å².